The SMILES string of the molecule is Cn1c(=O)n(C)c2cc(NS(=O)(=O)c3ccc4c(c3)NC(=O)CO4)ccc21. The summed E-state index contributed by atoms with van der Waals surface area (Å²) in [5.41, 5.74) is 1.72. The second-order valence-corrected chi connectivity index (χ2v) is 7.89. The van der Waals surface area contributed by atoms with E-state index < -0.39 is 10.0 Å². The van der Waals surface area contributed by atoms with Gasteiger partial charge in [0.05, 0.1) is 27.3 Å². The molecule has 9 nitrogen and oxygen atoms in total. The third kappa shape index (κ3) is 2.83. The van der Waals surface area contributed by atoms with Crippen LogP contribution in [-0.2, 0) is 28.9 Å². The molecule has 2 aromatic carbocycles. The summed E-state index contributed by atoms with van der Waals surface area (Å²) in [6.07, 6.45) is 0. The van der Waals surface area contributed by atoms with Crippen LogP contribution >= 0.6 is 0 Å². The molecule has 0 aliphatic carbocycles. The van der Waals surface area contributed by atoms with Crippen LogP contribution in [-0.4, -0.2) is 30.1 Å². The number of rotatable bonds is 3. The molecule has 0 radical (unpaired) electrons. The molecule has 1 aliphatic heterocycles. The van der Waals surface area contributed by atoms with Crippen LogP contribution in [0.3, 0.4) is 0 Å². The lowest BCUT2D eigenvalue weighted by Gasteiger charge is -2.18. The van der Waals surface area contributed by atoms with Gasteiger partial charge in [0.1, 0.15) is 5.75 Å². The Kier molecular flexibility index (Phi) is 3.74. The first kappa shape index (κ1) is 17.2. The van der Waals surface area contributed by atoms with Gasteiger partial charge < -0.3 is 10.1 Å². The van der Waals surface area contributed by atoms with Gasteiger partial charge in [-0.1, -0.05) is 0 Å². The molecule has 0 saturated carbocycles. The van der Waals surface area contributed by atoms with E-state index in [1.807, 2.05) is 0 Å². The Bertz CT molecular complexity index is 1260. The molecule has 1 aromatic heterocycles. The molecule has 0 unspecified atom stereocenters. The van der Waals surface area contributed by atoms with Crippen LogP contribution < -0.4 is 20.5 Å². The van der Waals surface area contributed by atoms with Gasteiger partial charge in [-0.3, -0.25) is 18.7 Å². The maximum absolute atomic E-state index is 12.7. The molecule has 0 atom stereocenters. The number of nitrogens with zero attached hydrogens (tertiary/aromatic N) is 2. The third-order valence-corrected chi connectivity index (χ3v) is 5.80. The maximum Gasteiger partial charge on any atom is 0.328 e. The Morgan fingerprint density at radius 2 is 1.78 bits per heavy atom. The van der Waals surface area contributed by atoms with Gasteiger partial charge in [-0.15, -0.1) is 0 Å². The van der Waals surface area contributed by atoms with E-state index in [1.165, 1.54) is 27.3 Å². The van der Waals surface area contributed by atoms with E-state index in [9.17, 15) is 18.0 Å². The van der Waals surface area contributed by atoms with E-state index in [1.54, 1.807) is 32.3 Å². The number of carbonyl (C=O) groups is 1. The van der Waals surface area contributed by atoms with Crippen LogP contribution in [0.1, 0.15) is 0 Å². The van der Waals surface area contributed by atoms with Crippen LogP contribution in [0.5, 0.6) is 5.75 Å². The van der Waals surface area contributed by atoms with Crippen molar-refractivity contribution < 1.29 is 17.9 Å². The van der Waals surface area contributed by atoms with Crippen molar-refractivity contribution in [2.75, 3.05) is 16.6 Å². The van der Waals surface area contributed by atoms with Gasteiger partial charge in [0.15, 0.2) is 6.61 Å². The van der Waals surface area contributed by atoms with E-state index in [0.29, 0.717) is 28.2 Å². The molecule has 3 aromatic rings. The summed E-state index contributed by atoms with van der Waals surface area (Å²) in [6, 6.07) is 9.09. The lowest BCUT2D eigenvalue weighted by molar-refractivity contribution is -0.118. The van der Waals surface area contributed by atoms with Crippen molar-refractivity contribution in [3.8, 4) is 5.75 Å². The molecule has 2 N–H and O–H groups in total. The van der Waals surface area contributed by atoms with Crippen molar-refractivity contribution in [2.45, 2.75) is 4.90 Å². The molecule has 10 heteroatoms. The van der Waals surface area contributed by atoms with E-state index in [4.69, 9.17) is 4.74 Å². The summed E-state index contributed by atoms with van der Waals surface area (Å²) in [7, 11) is -0.629. The monoisotopic (exact) mass is 388 g/mol. The first-order chi connectivity index (χ1) is 12.8. The predicted octanol–water partition coefficient (Wildman–Crippen LogP) is 1.01. The third-order valence-electron chi connectivity index (χ3n) is 4.42. The van der Waals surface area contributed by atoms with Gasteiger partial charge in [-0.25, -0.2) is 13.2 Å². The number of carbonyl (C=O) groups excluding carboxylic acids is 1. The van der Waals surface area contributed by atoms with Crippen molar-refractivity contribution in [3.05, 3.63) is 46.9 Å². The van der Waals surface area contributed by atoms with E-state index >= 15 is 0 Å². The molecule has 0 fully saturated rings. The van der Waals surface area contributed by atoms with Crippen molar-refractivity contribution in [1.82, 2.24) is 9.13 Å². The first-order valence-electron chi connectivity index (χ1n) is 8.01. The number of hydrogen-bond acceptors (Lipinski definition) is 5. The average molecular weight is 388 g/mol. The van der Waals surface area contributed by atoms with Crippen LogP contribution in [0.15, 0.2) is 46.1 Å². The zero-order valence-electron chi connectivity index (χ0n) is 14.5. The molecule has 2 heterocycles. The number of aromatic nitrogens is 2. The minimum atomic E-state index is -3.90. The highest BCUT2D eigenvalue weighted by Crippen LogP contribution is 2.31. The Labute approximate surface area is 154 Å². The van der Waals surface area contributed by atoms with Crippen molar-refractivity contribution in [3.63, 3.8) is 0 Å². The van der Waals surface area contributed by atoms with Crippen LogP contribution in [0.25, 0.3) is 11.0 Å². The smallest absolute Gasteiger partial charge is 0.328 e. The lowest BCUT2D eigenvalue weighted by atomic mass is 10.2. The summed E-state index contributed by atoms with van der Waals surface area (Å²) in [5, 5.41) is 2.58. The van der Waals surface area contributed by atoms with E-state index in [-0.39, 0.29) is 23.1 Å². The minimum absolute atomic E-state index is 0.0194. The zero-order valence-corrected chi connectivity index (χ0v) is 15.3. The molecule has 1 amide bonds. The molecular formula is C17H16N4O5S. The molecule has 27 heavy (non-hydrogen) atoms. The Hall–Kier alpha value is -3.27. The largest absolute Gasteiger partial charge is 0.482 e. The van der Waals surface area contributed by atoms with Crippen LogP contribution in [0.2, 0.25) is 0 Å². The van der Waals surface area contributed by atoms with Crippen LogP contribution in [0.4, 0.5) is 11.4 Å². The van der Waals surface area contributed by atoms with Gasteiger partial charge in [0.25, 0.3) is 15.9 Å². The summed E-state index contributed by atoms with van der Waals surface area (Å²) in [4.78, 5) is 23.4. The van der Waals surface area contributed by atoms with Crippen molar-refractivity contribution in [2.24, 2.45) is 14.1 Å². The predicted molar refractivity (Wildman–Crippen MR) is 99.5 cm³/mol. The Morgan fingerprint density at radius 1 is 1.04 bits per heavy atom. The second-order valence-electron chi connectivity index (χ2n) is 6.20. The summed E-state index contributed by atoms with van der Waals surface area (Å²) in [6.45, 7) is -0.104. The highest BCUT2D eigenvalue weighted by molar-refractivity contribution is 7.92. The molecule has 0 saturated heterocycles. The maximum atomic E-state index is 12.7. The normalized spacial score (nSPS) is 13.8. The zero-order chi connectivity index (χ0) is 19.3. The van der Waals surface area contributed by atoms with Crippen molar-refractivity contribution in [1.29, 1.82) is 0 Å². The fourth-order valence-corrected chi connectivity index (χ4v) is 4.09. The fraction of sp³-hybridized carbons (Fsp3) is 0.176. The van der Waals surface area contributed by atoms with E-state index in [2.05, 4.69) is 10.0 Å². The quantitative estimate of drug-likeness (QED) is 0.696. The molecule has 140 valence electrons. The molecule has 0 bridgehead atoms. The molecule has 0 spiro atoms. The Morgan fingerprint density at radius 3 is 2.56 bits per heavy atom. The van der Waals surface area contributed by atoms with Crippen molar-refractivity contribution >= 4 is 38.3 Å². The highest BCUT2D eigenvalue weighted by Gasteiger charge is 2.21. The van der Waals surface area contributed by atoms with Gasteiger partial charge in [-0.05, 0) is 36.4 Å². The minimum Gasteiger partial charge on any atom is -0.482 e. The summed E-state index contributed by atoms with van der Waals surface area (Å²) < 4.78 is 36.1. The number of nitrogens with one attached hydrogen (secondary N) is 2. The second kappa shape index (κ2) is 5.88. The number of hydrogen-bond donors (Lipinski definition) is 2. The number of aryl methyl sites for hydroxylation is 2. The number of fused-ring (bicyclic) bond motifs is 2. The number of anilines is 2. The fourth-order valence-electron chi connectivity index (χ4n) is 3.01. The standard InChI is InChI=1S/C17H16N4O5S/c1-20-13-5-3-10(7-14(13)21(2)17(20)23)19-27(24,25)11-4-6-15-12(8-11)18-16(22)9-26-15/h3-8,19H,9H2,1-2H3,(H,18,22). The van der Waals surface area contributed by atoms with E-state index in [0.717, 1.165) is 0 Å². The first-order valence-corrected chi connectivity index (χ1v) is 9.49. The molecular weight excluding hydrogens is 372 g/mol. The number of imidazole rings is 1. The van der Waals surface area contributed by atoms with Gasteiger partial charge in [-0.2, -0.15) is 0 Å². The van der Waals surface area contributed by atoms with Gasteiger partial charge in [0.2, 0.25) is 0 Å². The summed E-state index contributed by atoms with van der Waals surface area (Å²) >= 11 is 0. The Balaban J connectivity index is 1.70. The summed E-state index contributed by atoms with van der Waals surface area (Å²) in [5.74, 6) is 0.0645. The topological polar surface area (TPSA) is 111 Å². The number of ether oxygens (including phenoxy) is 1. The molecule has 4 rings (SSSR count). The highest BCUT2D eigenvalue weighted by atomic mass is 32.2. The van der Waals surface area contributed by atoms with Crippen LogP contribution in [0, 0.1) is 0 Å². The number of benzene rings is 2. The lowest BCUT2D eigenvalue weighted by Crippen LogP contribution is -2.25. The van der Waals surface area contributed by atoms with Gasteiger partial charge in [0, 0.05) is 14.1 Å². The molecule has 1 aliphatic rings. The number of amides is 1. The number of sulfonamides is 1. The van der Waals surface area contributed by atoms with Gasteiger partial charge >= 0.3 is 5.69 Å². The average Bonchev–Trinajstić information content (AvgIpc) is 2.85.